The van der Waals surface area contributed by atoms with E-state index in [0.29, 0.717) is 17.8 Å². The van der Waals surface area contributed by atoms with Gasteiger partial charge < -0.3 is 10.2 Å². The van der Waals surface area contributed by atoms with Crippen LogP contribution in [0.4, 0.5) is 17.1 Å². The number of nitro groups is 1. The summed E-state index contributed by atoms with van der Waals surface area (Å²) in [5, 5.41) is 13.7. The average Bonchev–Trinajstić information content (AvgIpc) is 2.99. The highest BCUT2D eigenvalue weighted by molar-refractivity contribution is 6.03. The Bertz CT molecular complexity index is 835. The number of carbonyl (C=O) groups excluding carboxylic acids is 2. The Morgan fingerprint density at radius 1 is 1.20 bits per heavy atom. The van der Waals surface area contributed by atoms with Crippen LogP contribution in [0.2, 0.25) is 0 Å². The molecule has 1 heterocycles. The Morgan fingerprint density at radius 3 is 2.60 bits per heavy atom. The average molecular weight is 339 g/mol. The third-order valence-electron chi connectivity index (χ3n) is 4.32. The van der Waals surface area contributed by atoms with Gasteiger partial charge in [0.2, 0.25) is 11.8 Å². The number of rotatable bonds is 4. The maximum absolute atomic E-state index is 12.5. The fourth-order valence-electron chi connectivity index (χ4n) is 2.93. The summed E-state index contributed by atoms with van der Waals surface area (Å²) in [6, 6.07) is 13.7. The quantitative estimate of drug-likeness (QED) is 0.685. The molecule has 1 saturated heterocycles. The Labute approximate surface area is 144 Å². The molecular weight excluding hydrogens is 322 g/mol. The molecule has 0 unspecified atom stereocenters. The molecule has 1 fully saturated rings. The SMILES string of the molecule is Cc1c(NC(=O)[C@@H]2CC(=O)N(c3ccccc3)C2)cccc1[N+](=O)[O-]. The molecule has 1 aliphatic heterocycles. The maximum Gasteiger partial charge on any atom is 0.274 e. The third-order valence-corrected chi connectivity index (χ3v) is 4.32. The molecule has 0 spiro atoms. The van der Waals surface area contributed by atoms with Crippen molar-refractivity contribution in [2.75, 3.05) is 16.8 Å². The third kappa shape index (κ3) is 3.35. The molecule has 7 nitrogen and oxygen atoms in total. The van der Waals surface area contributed by atoms with E-state index >= 15 is 0 Å². The summed E-state index contributed by atoms with van der Waals surface area (Å²) in [6.07, 6.45) is 0.120. The Kier molecular flexibility index (Phi) is 4.47. The van der Waals surface area contributed by atoms with Crippen molar-refractivity contribution in [3.63, 3.8) is 0 Å². The van der Waals surface area contributed by atoms with Gasteiger partial charge in [-0.25, -0.2) is 0 Å². The number of hydrogen-bond donors (Lipinski definition) is 1. The van der Waals surface area contributed by atoms with Crippen molar-refractivity contribution in [3.8, 4) is 0 Å². The number of nitrogens with one attached hydrogen (secondary N) is 1. The highest BCUT2D eigenvalue weighted by Gasteiger charge is 2.35. The molecule has 0 saturated carbocycles. The van der Waals surface area contributed by atoms with Gasteiger partial charge in [0, 0.05) is 24.7 Å². The Morgan fingerprint density at radius 2 is 1.92 bits per heavy atom. The molecule has 25 heavy (non-hydrogen) atoms. The molecule has 1 N–H and O–H groups in total. The standard InChI is InChI=1S/C18H17N3O4/c1-12-15(8-5-9-16(12)21(24)25)19-18(23)13-10-17(22)20(11-13)14-6-3-2-4-7-14/h2-9,13H,10-11H2,1H3,(H,19,23)/t13-/m1/s1. The van der Waals surface area contributed by atoms with Gasteiger partial charge in [-0.1, -0.05) is 24.3 Å². The molecule has 1 aliphatic rings. The van der Waals surface area contributed by atoms with E-state index in [1.165, 1.54) is 12.1 Å². The van der Waals surface area contributed by atoms with Crippen molar-refractivity contribution in [1.82, 2.24) is 0 Å². The molecule has 2 amide bonds. The van der Waals surface area contributed by atoms with Crippen molar-refractivity contribution in [3.05, 3.63) is 64.2 Å². The Balaban J connectivity index is 1.74. The first kappa shape index (κ1) is 16.6. The number of anilines is 2. The number of nitro benzene ring substituents is 1. The Hall–Kier alpha value is -3.22. The number of hydrogen-bond acceptors (Lipinski definition) is 4. The van der Waals surface area contributed by atoms with Crippen molar-refractivity contribution in [2.45, 2.75) is 13.3 Å². The van der Waals surface area contributed by atoms with Crippen LogP contribution >= 0.6 is 0 Å². The van der Waals surface area contributed by atoms with E-state index in [0.717, 1.165) is 5.69 Å². The fourth-order valence-corrected chi connectivity index (χ4v) is 2.93. The molecule has 128 valence electrons. The predicted molar refractivity (Wildman–Crippen MR) is 93.4 cm³/mol. The van der Waals surface area contributed by atoms with Crippen LogP contribution in [0.3, 0.4) is 0 Å². The van der Waals surface area contributed by atoms with Gasteiger partial charge in [0.1, 0.15) is 0 Å². The summed E-state index contributed by atoms with van der Waals surface area (Å²) in [7, 11) is 0. The van der Waals surface area contributed by atoms with E-state index < -0.39 is 10.8 Å². The largest absolute Gasteiger partial charge is 0.325 e. The van der Waals surface area contributed by atoms with Crippen molar-refractivity contribution < 1.29 is 14.5 Å². The summed E-state index contributed by atoms with van der Waals surface area (Å²) < 4.78 is 0. The van der Waals surface area contributed by atoms with Crippen molar-refractivity contribution >= 4 is 28.9 Å². The van der Waals surface area contributed by atoms with E-state index in [9.17, 15) is 19.7 Å². The summed E-state index contributed by atoms with van der Waals surface area (Å²) in [6.45, 7) is 1.88. The van der Waals surface area contributed by atoms with Gasteiger partial charge in [0.25, 0.3) is 5.69 Å². The second kappa shape index (κ2) is 6.72. The molecule has 3 rings (SSSR count). The first-order valence-corrected chi connectivity index (χ1v) is 7.87. The maximum atomic E-state index is 12.5. The molecule has 1 atom stereocenters. The normalized spacial score (nSPS) is 16.8. The highest BCUT2D eigenvalue weighted by Crippen LogP contribution is 2.28. The zero-order chi connectivity index (χ0) is 18.0. The van der Waals surface area contributed by atoms with Gasteiger partial charge in [0.05, 0.1) is 22.1 Å². The minimum absolute atomic E-state index is 0.0498. The lowest BCUT2D eigenvalue weighted by atomic mass is 10.1. The lowest BCUT2D eigenvalue weighted by Gasteiger charge is -2.16. The van der Waals surface area contributed by atoms with E-state index in [1.54, 1.807) is 17.9 Å². The zero-order valence-electron chi connectivity index (χ0n) is 13.6. The molecule has 0 radical (unpaired) electrons. The smallest absolute Gasteiger partial charge is 0.274 e. The summed E-state index contributed by atoms with van der Waals surface area (Å²) in [5.41, 5.74) is 1.50. The first-order chi connectivity index (χ1) is 12.0. The van der Waals surface area contributed by atoms with Gasteiger partial charge in [-0.2, -0.15) is 0 Å². The predicted octanol–water partition coefficient (Wildman–Crippen LogP) is 2.89. The van der Waals surface area contributed by atoms with Gasteiger partial charge in [-0.05, 0) is 25.1 Å². The topological polar surface area (TPSA) is 92.6 Å². The molecule has 0 aromatic heterocycles. The van der Waals surface area contributed by atoms with Gasteiger partial charge in [0.15, 0.2) is 0 Å². The van der Waals surface area contributed by atoms with Crippen LogP contribution in [0.25, 0.3) is 0 Å². The van der Waals surface area contributed by atoms with Crippen LogP contribution in [-0.2, 0) is 9.59 Å². The van der Waals surface area contributed by atoms with Crippen LogP contribution in [0, 0.1) is 23.0 Å². The van der Waals surface area contributed by atoms with E-state index in [-0.39, 0.29) is 23.9 Å². The first-order valence-electron chi connectivity index (χ1n) is 7.87. The molecule has 2 aromatic rings. The molecular formula is C18H17N3O4. The molecule has 7 heteroatoms. The minimum Gasteiger partial charge on any atom is -0.325 e. The van der Waals surface area contributed by atoms with Crippen LogP contribution in [0.15, 0.2) is 48.5 Å². The van der Waals surface area contributed by atoms with Gasteiger partial charge in [-0.15, -0.1) is 0 Å². The van der Waals surface area contributed by atoms with E-state index in [2.05, 4.69) is 5.32 Å². The van der Waals surface area contributed by atoms with Crippen LogP contribution in [0.5, 0.6) is 0 Å². The van der Waals surface area contributed by atoms with Crippen molar-refractivity contribution in [2.24, 2.45) is 5.92 Å². The summed E-state index contributed by atoms with van der Waals surface area (Å²) in [5.74, 6) is -0.913. The molecule has 2 aromatic carbocycles. The number of nitrogens with zero attached hydrogens (tertiary/aromatic N) is 2. The molecule has 0 aliphatic carbocycles. The zero-order valence-corrected chi connectivity index (χ0v) is 13.6. The summed E-state index contributed by atoms with van der Waals surface area (Å²) >= 11 is 0. The number of para-hydroxylation sites is 1. The second-order valence-corrected chi connectivity index (χ2v) is 5.94. The monoisotopic (exact) mass is 339 g/mol. The lowest BCUT2D eigenvalue weighted by Crippen LogP contribution is -2.28. The van der Waals surface area contributed by atoms with E-state index in [1.807, 2.05) is 30.3 Å². The number of amides is 2. The minimum atomic E-state index is -0.494. The lowest BCUT2D eigenvalue weighted by molar-refractivity contribution is -0.385. The molecule has 0 bridgehead atoms. The fraction of sp³-hybridized carbons (Fsp3) is 0.222. The van der Waals surface area contributed by atoms with Crippen LogP contribution < -0.4 is 10.2 Å². The van der Waals surface area contributed by atoms with Crippen molar-refractivity contribution in [1.29, 1.82) is 0 Å². The second-order valence-electron chi connectivity index (χ2n) is 5.94. The van der Waals surface area contributed by atoms with Gasteiger partial charge >= 0.3 is 0 Å². The summed E-state index contributed by atoms with van der Waals surface area (Å²) in [4.78, 5) is 36.8. The van der Waals surface area contributed by atoms with E-state index in [4.69, 9.17) is 0 Å². The number of benzene rings is 2. The highest BCUT2D eigenvalue weighted by atomic mass is 16.6. The van der Waals surface area contributed by atoms with Crippen LogP contribution in [0.1, 0.15) is 12.0 Å². The number of carbonyl (C=O) groups is 2. The van der Waals surface area contributed by atoms with Gasteiger partial charge in [-0.3, -0.25) is 19.7 Å². The van der Waals surface area contributed by atoms with Crippen LogP contribution in [-0.4, -0.2) is 23.3 Å².